The third-order valence-corrected chi connectivity index (χ3v) is 4.55. The van der Waals surface area contributed by atoms with Crippen molar-refractivity contribution in [2.75, 3.05) is 20.1 Å². The summed E-state index contributed by atoms with van der Waals surface area (Å²) in [6.07, 6.45) is 3.86. The van der Waals surface area contributed by atoms with Crippen LogP contribution in [0, 0.1) is 0 Å². The first-order valence-electron chi connectivity index (χ1n) is 7.12. The fourth-order valence-electron chi connectivity index (χ4n) is 2.68. The minimum atomic E-state index is 0.0335. The Morgan fingerprint density at radius 1 is 1.52 bits per heavy atom. The van der Waals surface area contributed by atoms with Gasteiger partial charge in [0.1, 0.15) is 10.7 Å². The van der Waals surface area contributed by atoms with Gasteiger partial charge in [0, 0.05) is 30.7 Å². The van der Waals surface area contributed by atoms with Crippen molar-refractivity contribution in [1.29, 1.82) is 0 Å². The van der Waals surface area contributed by atoms with Gasteiger partial charge in [-0.05, 0) is 32.0 Å². The summed E-state index contributed by atoms with van der Waals surface area (Å²) in [6.45, 7) is 1.66. The van der Waals surface area contributed by atoms with Crippen LogP contribution in [0.25, 0.3) is 10.7 Å². The molecular weight excluding hydrogens is 284 g/mol. The van der Waals surface area contributed by atoms with Gasteiger partial charge in [0.05, 0.1) is 5.69 Å². The van der Waals surface area contributed by atoms with Crippen molar-refractivity contribution in [2.24, 2.45) is 0 Å². The van der Waals surface area contributed by atoms with Crippen LogP contribution in [0.2, 0.25) is 0 Å². The predicted octanol–water partition coefficient (Wildman–Crippen LogP) is 2.03. The number of carbonyl (C=O) groups is 1. The average molecular weight is 302 g/mol. The lowest BCUT2D eigenvalue weighted by Crippen LogP contribution is -2.40. The van der Waals surface area contributed by atoms with Crippen molar-refractivity contribution in [3.05, 3.63) is 35.5 Å². The Morgan fingerprint density at radius 2 is 2.43 bits per heavy atom. The number of nitrogens with zero attached hydrogens (tertiary/aromatic N) is 3. The highest BCUT2D eigenvalue weighted by Crippen LogP contribution is 2.24. The van der Waals surface area contributed by atoms with Crippen molar-refractivity contribution in [3.8, 4) is 10.7 Å². The van der Waals surface area contributed by atoms with E-state index in [0.717, 1.165) is 36.6 Å². The zero-order chi connectivity index (χ0) is 14.7. The Kier molecular flexibility index (Phi) is 4.26. The summed E-state index contributed by atoms with van der Waals surface area (Å²) in [6, 6.07) is 5.99. The molecule has 0 bridgehead atoms. The smallest absolute Gasteiger partial charge is 0.273 e. The van der Waals surface area contributed by atoms with Gasteiger partial charge in [-0.2, -0.15) is 0 Å². The molecule has 1 N–H and O–H groups in total. The summed E-state index contributed by atoms with van der Waals surface area (Å²) in [5, 5.41) is 5.78. The number of amides is 1. The number of carbonyl (C=O) groups excluding carboxylic acids is 1. The number of pyridine rings is 1. The van der Waals surface area contributed by atoms with E-state index >= 15 is 0 Å². The van der Waals surface area contributed by atoms with E-state index in [2.05, 4.69) is 15.3 Å². The molecular formula is C15H18N4OS. The highest BCUT2D eigenvalue weighted by molar-refractivity contribution is 7.13. The second-order valence-electron chi connectivity index (χ2n) is 5.11. The summed E-state index contributed by atoms with van der Waals surface area (Å²) in [5.41, 5.74) is 1.35. The summed E-state index contributed by atoms with van der Waals surface area (Å²) < 4.78 is 0. The van der Waals surface area contributed by atoms with Gasteiger partial charge in [-0.25, -0.2) is 4.98 Å². The molecule has 1 saturated heterocycles. The Labute approximate surface area is 128 Å². The molecule has 0 aliphatic carbocycles. The normalized spacial score (nSPS) is 18.1. The summed E-state index contributed by atoms with van der Waals surface area (Å²) in [4.78, 5) is 23.3. The van der Waals surface area contributed by atoms with Crippen LogP contribution in [0.1, 0.15) is 23.3 Å². The molecule has 1 fully saturated rings. The Morgan fingerprint density at radius 3 is 3.19 bits per heavy atom. The first kappa shape index (κ1) is 14.2. The first-order chi connectivity index (χ1) is 10.3. The van der Waals surface area contributed by atoms with Crippen LogP contribution in [0.5, 0.6) is 0 Å². The molecule has 2 aromatic heterocycles. The molecule has 0 radical (unpaired) electrons. The molecule has 110 valence electrons. The standard InChI is InChI=1S/C15H18N4OS/c1-16-9-11-5-4-8-19(11)15(20)13-10-21-14(18-13)12-6-2-3-7-17-12/h2-3,6-7,10-11,16H,4-5,8-9H2,1H3. The van der Waals surface area contributed by atoms with E-state index in [1.165, 1.54) is 11.3 Å². The average Bonchev–Trinajstić information content (AvgIpc) is 3.17. The number of thiazole rings is 1. The number of nitrogens with one attached hydrogen (secondary N) is 1. The second kappa shape index (κ2) is 6.32. The van der Waals surface area contributed by atoms with Gasteiger partial charge in [0.15, 0.2) is 0 Å². The van der Waals surface area contributed by atoms with E-state index in [9.17, 15) is 4.79 Å². The van der Waals surface area contributed by atoms with Crippen molar-refractivity contribution in [3.63, 3.8) is 0 Å². The van der Waals surface area contributed by atoms with Crippen LogP contribution < -0.4 is 5.32 Å². The maximum absolute atomic E-state index is 12.6. The first-order valence-corrected chi connectivity index (χ1v) is 8.00. The van der Waals surface area contributed by atoms with Crippen molar-refractivity contribution in [1.82, 2.24) is 20.2 Å². The summed E-state index contributed by atoms with van der Waals surface area (Å²) in [7, 11) is 1.92. The van der Waals surface area contributed by atoms with Gasteiger partial charge in [-0.15, -0.1) is 11.3 Å². The molecule has 3 rings (SSSR count). The Balaban J connectivity index is 1.78. The second-order valence-corrected chi connectivity index (χ2v) is 5.96. The number of hydrogen-bond donors (Lipinski definition) is 1. The van der Waals surface area contributed by atoms with Crippen LogP contribution >= 0.6 is 11.3 Å². The molecule has 0 saturated carbocycles. The molecule has 6 heteroatoms. The highest BCUT2D eigenvalue weighted by Gasteiger charge is 2.30. The van der Waals surface area contributed by atoms with Crippen molar-refractivity contribution < 1.29 is 4.79 Å². The molecule has 21 heavy (non-hydrogen) atoms. The van der Waals surface area contributed by atoms with Crippen LogP contribution in [-0.4, -0.2) is 47.0 Å². The Hall–Kier alpha value is -1.79. The molecule has 1 unspecified atom stereocenters. The molecule has 1 aliphatic heterocycles. The van der Waals surface area contributed by atoms with Crippen LogP contribution in [0.3, 0.4) is 0 Å². The van der Waals surface area contributed by atoms with E-state index in [0.29, 0.717) is 5.69 Å². The van der Waals surface area contributed by atoms with Gasteiger partial charge in [0.2, 0.25) is 0 Å². The summed E-state index contributed by atoms with van der Waals surface area (Å²) >= 11 is 1.47. The zero-order valence-electron chi connectivity index (χ0n) is 12.0. The molecule has 5 nitrogen and oxygen atoms in total. The number of likely N-dealkylation sites (N-methyl/N-ethyl adjacent to an activating group) is 1. The lowest BCUT2D eigenvalue weighted by molar-refractivity contribution is 0.0732. The van der Waals surface area contributed by atoms with Gasteiger partial charge in [0.25, 0.3) is 5.91 Å². The quantitative estimate of drug-likeness (QED) is 0.939. The van der Waals surface area contributed by atoms with E-state index < -0.39 is 0 Å². The lowest BCUT2D eigenvalue weighted by atomic mass is 10.2. The third-order valence-electron chi connectivity index (χ3n) is 3.69. The maximum atomic E-state index is 12.6. The molecule has 3 heterocycles. The SMILES string of the molecule is CNCC1CCCN1C(=O)c1csc(-c2ccccn2)n1. The summed E-state index contributed by atoms with van der Waals surface area (Å²) in [5.74, 6) is 0.0335. The van der Waals surface area contributed by atoms with Crippen LogP contribution in [0.15, 0.2) is 29.8 Å². The van der Waals surface area contributed by atoms with Crippen molar-refractivity contribution in [2.45, 2.75) is 18.9 Å². The number of aromatic nitrogens is 2. The highest BCUT2D eigenvalue weighted by atomic mass is 32.1. The largest absolute Gasteiger partial charge is 0.333 e. The molecule has 1 amide bonds. The van der Waals surface area contributed by atoms with Crippen LogP contribution in [0.4, 0.5) is 0 Å². The zero-order valence-corrected chi connectivity index (χ0v) is 12.8. The maximum Gasteiger partial charge on any atom is 0.273 e. The molecule has 2 aromatic rings. The van der Waals surface area contributed by atoms with Crippen LogP contribution in [-0.2, 0) is 0 Å². The van der Waals surface area contributed by atoms with Gasteiger partial charge in [-0.3, -0.25) is 9.78 Å². The number of likely N-dealkylation sites (tertiary alicyclic amines) is 1. The van der Waals surface area contributed by atoms with E-state index in [-0.39, 0.29) is 11.9 Å². The molecule has 0 spiro atoms. The minimum Gasteiger partial charge on any atom is -0.333 e. The van der Waals surface area contributed by atoms with Gasteiger partial charge < -0.3 is 10.2 Å². The predicted molar refractivity (Wildman–Crippen MR) is 83.3 cm³/mol. The van der Waals surface area contributed by atoms with E-state index in [1.54, 1.807) is 6.20 Å². The van der Waals surface area contributed by atoms with E-state index in [1.807, 2.05) is 35.5 Å². The fourth-order valence-corrected chi connectivity index (χ4v) is 3.45. The third kappa shape index (κ3) is 2.96. The minimum absolute atomic E-state index is 0.0335. The fraction of sp³-hybridized carbons (Fsp3) is 0.400. The topological polar surface area (TPSA) is 58.1 Å². The number of hydrogen-bond acceptors (Lipinski definition) is 5. The lowest BCUT2D eigenvalue weighted by Gasteiger charge is -2.23. The monoisotopic (exact) mass is 302 g/mol. The molecule has 0 aromatic carbocycles. The molecule has 1 atom stereocenters. The van der Waals surface area contributed by atoms with E-state index in [4.69, 9.17) is 0 Å². The van der Waals surface area contributed by atoms with Gasteiger partial charge >= 0.3 is 0 Å². The van der Waals surface area contributed by atoms with Gasteiger partial charge in [-0.1, -0.05) is 6.07 Å². The Bertz CT molecular complexity index is 613. The molecule has 1 aliphatic rings. The number of rotatable bonds is 4. The van der Waals surface area contributed by atoms with Crippen molar-refractivity contribution >= 4 is 17.2 Å².